The van der Waals surface area contributed by atoms with Gasteiger partial charge in [0.05, 0.1) is 11.6 Å². The summed E-state index contributed by atoms with van der Waals surface area (Å²) in [4.78, 5) is 26.1. The normalized spacial score (nSPS) is 20.1. The van der Waals surface area contributed by atoms with Crippen molar-refractivity contribution in [1.29, 1.82) is 0 Å². The highest BCUT2D eigenvalue weighted by molar-refractivity contribution is 5.49. The second-order valence-electron chi connectivity index (χ2n) is 9.20. The van der Waals surface area contributed by atoms with Crippen LogP contribution in [0.2, 0.25) is 0 Å². The highest BCUT2D eigenvalue weighted by Gasteiger charge is 2.40. The monoisotopic (exact) mass is 467 g/mol. The van der Waals surface area contributed by atoms with Crippen molar-refractivity contribution in [2.45, 2.75) is 30.5 Å². The van der Waals surface area contributed by atoms with E-state index in [-0.39, 0.29) is 12.0 Å². The molecule has 1 aliphatic rings. The molecule has 6 nitrogen and oxygen atoms in total. The van der Waals surface area contributed by atoms with Crippen LogP contribution < -0.4 is 16.6 Å². The third-order valence-electron chi connectivity index (χ3n) is 7.13. The van der Waals surface area contributed by atoms with Crippen molar-refractivity contribution in [3.05, 3.63) is 141 Å². The molecule has 1 aromatic heterocycles. The summed E-state index contributed by atoms with van der Waals surface area (Å²) < 4.78 is 1.53. The Morgan fingerprint density at radius 1 is 0.800 bits per heavy atom. The number of aliphatic hydroxyl groups is 1. The van der Waals surface area contributed by atoms with E-state index in [1.165, 1.54) is 16.8 Å². The van der Waals surface area contributed by atoms with Crippen molar-refractivity contribution in [3.8, 4) is 0 Å². The molecule has 4 aromatic rings. The Labute approximate surface area is 203 Å². The van der Waals surface area contributed by atoms with Gasteiger partial charge in [0.1, 0.15) is 0 Å². The van der Waals surface area contributed by atoms with E-state index in [0.717, 1.165) is 16.7 Å². The largest absolute Gasteiger partial charge is 0.393 e. The number of nitrogens with one attached hydrogen (secondary N) is 2. The minimum Gasteiger partial charge on any atom is -0.393 e. The van der Waals surface area contributed by atoms with Crippen molar-refractivity contribution in [3.63, 3.8) is 0 Å². The van der Waals surface area contributed by atoms with Gasteiger partial charge in [0.2, 0.25) is 0 Å². The highest BCUT2D eigenvalue weighted by atomic mass is 16.3. The molecule has 0 bridgehead atoms. The molecule has 1 saturated carbocycles. The van der Waals surface area contributed by atoms with Crippen molar-refractivity contribution in [2.24, 2.45) is 5.92 Å². The Morgan fingerprint density at radius 2 is 1.31 bits per heavy atom. The first kappa shape index (κ1) is 23.0. The molecule has 3 N–H and O–H groups in total. The number of hydrogen-bond donors (Lipinski definition) is 3. The van der Waals surface area contributed by atoms with Crippen LogP contribution in [0.4, 0.5) is 0 Å². The van der Waals surface area contributed by atoms with Gasteiger partial charge in [0.15, 0.2) is 0 Å². The number of benzene rings is 3. The van der Waals surface area contributed by atoms with E-state index in [1.54, 1.807) is 0 Å². The average molecular weight is 468 g/mol. The van der Waals surface area contributed by atoms with E-state index >= 15 is 0 Å². The molecule has 0 saturated heterocycles. The second-order valence-corrected chi connectivity index (χ2v) is 9.20. The van der Waals surface area contributed by atoms with Crippen LogP contribution in [0, 0.1) is 5.92 Å². The Bertz CT molecular complexity index is 1270. The van der Waals surface area contributed by atoms with Crippen LogP contribution in [0.25, 0.3) is 0 Å². The van der Waals surface area contributed by atoms with Crippen molar-refractivity contribution in [2.75, 3.05) is 6.54 Å². The van der Waals surface area contributed by atoms with Crippen LogP contribution in [0.15, 0.2) is 113 Å². The summed E-state index contributed by atoms with van der Waals surface area (Å²) in [5, 5.41) is 14.8. The minimum absolute atomic E-state index is 0.0608. The molecule has 0 unspecified atom stereocenters. The number of H-pyrrole nitrogens is 1. The highest BCUT2D eigenvalue weighted by Crippen LogP contribution is 2.39. The maximum absolute atomic E-state index is 12.3. The molecule has 1 aliphatic carbocycles. The lowest BCUT2D eigenvalue weighted by Gasteiger charge is -2.38. The smallest absolute Gasteiger partial charge is 0.328 e. The Hall–Kier alpha value is -3.74. The molecule has 0 aliphatic heterocycles. The number of hydrogen-bond acceptors (Lipinski definition) is 4. The molecule has 35 heavy (non-hydrogen) atoms. The number of nitrogens with zero attached hydrogens (tertiary/aromatic N) is 1. The first-order chi connectivity index (χ1) is 17.1. The van der Waals surface area contributed by atoms with Gasteiger partial charge in [-0.05, 0) is 35.4 Å². The molecule has 0 amide bonds. The van der Waals surface area contributed by atoms with Crippen LogP contribution in [-0.2, 0) is 5.54 Å². The zero-order chi connectivity index (χ0) is 24.3. The summed E-state index contributed by atoms with van der Waals surface area (Å²) in [6, 6.07) is 32.2. The number of rotatable bonds is 7. The molecular formula is C29H29N3O3. The molecule has 3 aromatic carbocycles. The second kappa shape index (κ2) is 9.86. The standard InChI is InChI=1S/C29H29N3O3/c33-26-19-25(32-17-16-27(34)31-28(32)35)18-21(26)20-30-29(22-10-4-1-5-11-22,23-12-6-2-7-13-23)24-14-8-3-9-15-24/h1-17,21,25-26,30,33H,18-20H2,(H,31,34,35)/t21-,25-,26+/m0/s1. The lowest BCUT2D eigenvalue weighted by Crippen LogP contribution is -2.47. The van der Waals surface area contributed by atoms with Crippen LogP contribution in [0.5, 0.6) is 0 Å². The van der Waals surface area contributed by atoms with Gasteiger partial charge in [-0.25, -0.2) is 4.79 Å². The number of aromatic nitrogens is 2. The van der Waals surface area contributed by atoms with Gasteiger partial charge in [0, 0.05) is 24.8 Å². The van der Waals surface area contributed by atoms with Gasteiger partial charge in [0.25, 0.3) is 5.56 Å². The van der Waals surface area contributed by atoms with Gasteiger partial charge in [-0.2, -0.15) is 0 Å². The van der Waals surface area contributed by atoms with Crippen LogP contribution in [-0.4, -0.2) is 27.3 Å². The van der Waals surface area contributed by atoms with Gasteiger partial charge in [-0.3, -0.25) is 19.7 Å². The van der Waals surface area contributed by atoms with Gasteiger partial charge in [-0.1, -0.05) is 91.0 Å². The topological polar surface area (TPSA) is 87.1 Å². The van der Waals surface area contributed by atoms with E-state index in [4.69, 9.17) is 0 Å². The minimum atomic E-state index is -0.615. The van der Waals surface area contributed by atoms with Gasteiger partial charge < -0.3 is 5.11 Å². The fraction of sp³-hybridized carbons (Fsp3) is 0.241. The Morgan fingerprint density at radius 3 is 1.80 bits per heavy atom. The fourth-order valence-corrected chi connectivity index (χ4v) is 5.39. The van der Waals surface area contributed by atoms with Crippen LogP contribution >= 0.6 is 0 Å². The zero-order valence-electron chi connectivity index (χ0n) is 19.4. The molecule has 0 spiro atoms. The summed E-state index contributed by atoms with van der Waals surface area (Å²) in [5.41, 5.74) is 1.86. The van der Waals surface area contributed by atoms with Crippen molar-refractivity contribution >= 4 is 0 Å². The Balaban J connectivity index is 1.50. The van der Waals surface area contributed by atoms with E-state index < -0.39 is 22.9 Å². The summed E-state index contributed by atoms with van der Waals surface area (Å²) >= 11 is 0. The third-order valence-corrected chi connectivity index (χ3v) is 7.13. The van der Waals surface area contributed by atoms with E-state index in [0.29, 0.717) is 19.4 Å². The average Bonchev–Trinajstić information content (AvgIpc) is 3.26. The fourth-order valence-electron chi connectivity index (χ4n) is 5.39. The molecule has 1 heterocycles. The molecule has 178 valence electrons. The summed E-state index contributed by atoms with van der Waals surface area (Å²) in [6.45, 7) is 0.550. The van der Waals surface area contributed by atoms with Crippen LogP contribution in [0.1, 0.15) is 35.6 Å². The predicted octanol–water partition coefficient (Wildman–Crippen LogP) is 3.43. The summed E-state index contributed by atoms with van der Waals surface area (Å²) in [5.74, 6) is -0.0608. The molecule has 1 fully saturated rings. The maximum Gasteiger partial charge on any atom is 0.328 e. The van der Waals surface area contributed by atoms with Gasteiger partial charge in [-0.15, -0.1) is 0 Å². The number of aliphatic hydroxyl groups excluding tert-OH is 1. The lowest BCUT2D eigenvalue weighted by molar-refractivity contribution is 0.127. The van der Waals surface area contributed by atoms with E-state index in [2.05, 4.69) is 46.7 Å². The maximum atomic E-state index is 12.3. The van der Waals surface area contributed by atoms with Crippen molar-refractivity contribution in [1.82, 2.24) is 14.9 Å². The summed E-state index contributed by atoms with van der Waals surface area (Å²) in [6.07, 6.45) is 2.06. The van der Waals surface area contributed by atoms with E-state index in [1.807, 2.05) is 54.6 Å². The Kier molecular flexibility index (Phi) is 6.49. The molecule has 6 heteroatoms. The SMILES string of the molecule is O=c1ccn([C@H]2C[C@@H](CNC(c3ccccc3)(c3ccccc3)c3ccccc3)[C@H](O)C2)c(=O)[nH]1. The zero-order valence-corrected chi connectivity index (χ0v) is 19.4. The van der Waals surface area contributed by atoms with E-state index in [9.17, 15) is 14.7 Å². The first-order valence-corrected chi connectivity index (χ1v) is 12.0. The lowest BCUT2D eigenvalue weighted by atomic mass is 9.76. The third kappa shape index (κ3) is 4.50. The quantitative estimate of drug-likeness (QED) is 0.364. The van der Waals surface area contributed by atoms with Gasteiger partial charge >= 0.3 is 5.69 Å². The van der Waals surface area contributed by atoms with Crippen molar-refractivity contribution < 1.29 is 5.11 Å². The first-order valence-electron chi connectivity index (χ1n) is 12.0. The molecular weight excluding hydrogens is 438 g/mol. The summed E-state index contributed by atoms with van der Waals surface area (Å²) in [7, 11) is 0. The predicted molar refractivity (Wildman–Crippen MR) is 136 cm³/mol. The molecule has 0 radical (unpaired) electrons. The number of aromatic amines is 1. The molecule has 3 atom stereocenters. The van der Waals surface area contributed by atoms with Crippen LogP contribution in [0.3, 0.4) is 0 Å². The molecule has 5 rings (SSSR count).